The molecular weight excluding hydrogens is 526 g/mol. The van der Waals surface area contributed by atoms with Crippen molar-refractivity contribution >= 4 is 61.1 Å². The van der Waals surface area contributed by atoms with E-state index in [0.29, 0.717) is 36.6 Å². The molecule has 0 aliphatic heterocycles. The molecule has 0 unspecified atom stereocenters. The van der Waals surface area contributed by atoms with E-state index in [1.165, 1.54) is 0 Å². The zero-order valence-electron chi connectivity index (χ0n) is 17.0. The van der Waals surface area contributed by atoms with Crippen LogP contribution in [0.1, 0.15) is 17.5 Å². The average Bonchev–Trinajstić information content (AvgIpc) is 2.74. The third-order valence-corrected chi connectivity index (χ3v) is 5.39. The number of hydrogen-bond donors (Lipinski definition) is 3. The van der Waals surface area contributed by atoms with Crippen LogP contribution in [-0.2, 0) is 4.74 Å². The van der Waals surface area contributed by atoms with Crippen LogP contribution in [0, 0.1) is 18.3 Å². The highest BCUT2D eigenvalue weighted by Gasteiger charge is 2.12. The van der Waals surface area contributed by atoms with Crippen LogP contribution in [0.2, 0.25) is 0 Å². The molecule has 0 spiro atoms. The standard InChI is InChI=1S/C21H21Br2N7O/c1-13-10-16(22)18(17(23)11-13)27-21-29-19(25-8-3-9-31-2)28-20(30-21)26-15-6-4-14(12-24)5-7-15/h4-7,10-11H,3,8-9H2,1-2H3,(H3,25,26,27,28,29,30). The number of ether oxygens (including phenoxy) is 1. The lowest BCUT2D eigenvalue weighted by Gasteiger charge is -2.13. The van der Waals surface area contributed by atoms with Crippen molar-refractivity contribution in [2.24, 2.45) is 0 Å². The van der Waals surface area contributed by atoms with Gasteiger partial charge in [0, 0.05) is 34.9 Å². The van der Waals surface area contributed by atoms with E-state index in [-0.39, 0.29) is 0 Å². The van der Waals surface area contributed by atoms with E-state index >= 15 is 0 Å². The second-order valence-electron chi connectivity index (χ2n) is 6.62. The lowest BCUT2D eigenvalue weighted by molar-refractivity contribution is 0.197. The largest absolute Gasteiger partial charge is 0.385 e. The van der Waals surface area contributed by atoms with Crippen molar-refractivity contribution in [3.63, 3.8) is 0 Å². The molecule has 0 fully saturated rings. The summed E-state index contributed by atoms with van der Waals surface area (Å²) in [5.41, 5.74) is 3.27. The third kappa shape index (κ3) is 6.62. The lowest BCUT2D eigenvalue weighted by atomic mass is 10.2. The van der Waals surface area contributed by atoms with Crippen molar-refractivity contribution in [3.8, 4) is 6.07 Å². The van der Waals surface area contributed by atoms with Crippen molar-refractivity contribution in [2.45, 2.75) is 13.3 Å². The molecule has 0 saturated carbocycles. The van der Waals surface area contributed by atoms with Crippen molar-refractivity contribution in [1.82, 2.24) is 15.0 Å². The topological polar surface area (TPSA) is 108 Å². The Morgan fingerprint density at radius 3 is 2.19 bits per heavy atom. The Bertz CT molecular complexity index is 1060. The van der Waals surface area contributed by atoms with E-state index in [1.54, 1.807) is 31.4 Å². The molecule has 1 heterocycles. The highest BCUT2D eigenvalue weighted by Crippen LogP contribution is 2.34. The van der Waals surface area contributed by atoms with E-state index < -0.39 is 0 Å². The molecule has 3 N–H and O–H groups in total. The summed E-state index contributed by atoms with van der Waals surface area (Å²) in [6.07, 6.45) is 0.818. The maximum atomic E-state index is 8.98. The molecule has 2 aromatic carbocycles. The summed E-state index contributed by atoms with van der Waals surface area (Å²) in [5, 5.41) is 18.6. The predicted molar refractivity (Wildman–Crippen MR) is 129 cm³/mol. The minimum Gasteiger partial charge on any atom is -0.385 e. The van der Waals surface area contributed by atoms with E-state index in [0.717, 1.165) is 32.3 Å². The van der Waals surface area contributed by atoms with Gasteiger partial charge in [0.15, 0.2) is 0 Å². The Hall–Kier alpha value is -2.74. The number of methoxy groups -OCH3 is 1. The summed E-state index contributed by atoms with van der Waals surface area (Å²) in [5.74, 6) is 1.19. The van der Waals surface area contributed by atoms with Gasteiger partial charge >= 0.3 is 0 Å². The van der Waals surface area contributed by atoms with E-state index in [1.807, 2.05) is 19.1 Å². The summed E-state index contributed by atoms with van der Waals surface area (Å²) in [7, 11) is 1.67. The molecule has 0 saturated heterocycles. The SMILES string of the molecule is COCCCNc1nc(Nc2ccc(C#N)cc2)nc(Nc2c(Br)cc(C)cc2Br)n1. The summed E-state index contributed by atoms with van der Waals surface area (Å²) < 4.78 is 6.86. The van der Waals surface area contributed by atoms with Gasteiger partial charge in [0.25, 0.3) is 0 Å². The first-order valence-electron chi connectivity index (χ1n) is 9.47. The zero-order valence-corrected chi connectivity index (χ0v) is 20.2. The lowest BCUT2D eigenvalue weighted by Crippen LogP contribution is -2.11. The molecule has 3 aromatic rings. The van der Waals surface area contributed by atoms with Crippen LogP contribution in [0.15, 0.2) is 45.3 Å². The minimum absolute atomic E-state index is 0.371. The van der Waals surface area contributed by atoms with Crippen LogP contribution in [0.5, 0.6) is 0 Å². The maximum Gasteiger partial charge on any atom is 0.233 e. The second-order valence-corrected chi connectivity index (χ2v) is 8.33. The Labute approximate surface area is 197 Å². The van der Waals surface area contributed by atoms with Gasteiger partial charge < -0.3 is 20.7 Å². The number of benzene rings is 2. The van der Waals surface area contributed by atoms with Crippen LogP contribution in [0.25, 0.3) is 0 Å². The van der Waals surface area contributed by atoms with Gasteiger partial charge in [-0.1, -0.05) is 0 Å². The van der Waals surface area contributed by atoms with Gasteiger partial charge in [0.2, 0.25) is 17.8 Å². The first-order valence-corrected chi connectivity index (χ1v) is 11.1. The number of nitrogens with zero attached hydrogens (tertiary/aromatic N) is 4. The molecule has 160 valence electrons. The Morgan fingerprint density at radius 1 is 0.968 bits per heavy atom. The monoisotopic (exact) mass is 545 g/mol. The molecule has 8 nitrogen and oxygen atoms in total. The number of anilines is 5. The number of aromatic nitrogens is 3. The number of rotatable bonds is 9. The number of hydrogen-bond acceptors (Lipinski definition) is 8. The van der Waals surface area contributed by atoms with Crippen LogP contribution in [0.3, 0.4) is 0 Å². The molecule has 0 aliphatic rings. The smallest absolute Gasteiger partial charge is 0.233 e. The van der Waals surface area contributed by atoms with Crippen LogP contribution >= 0.6 is 31.9 Å². The molecule has 0 amide bonds. The summed E-state index contributed by atoms with van der Waals surface area (Å²) >= 11 is 7.17. The molecule has 10 heteroatoms. The normalized spacial score (nSPS) is 10.4. The van der Waals surface area contributed by atoms with Crippen LogP contribution < -0.4 is 16.0 Å². The minimum atomic E-state index is 0.371. The average molecular weight is 547 g/mol. The van der Waals surface area contributed by atoms with Crippen molar-refractivity contribution in [2.75, 3.05) is 36.2 Å². The molecule has 0 radical (unpaired) electrons. The quantitative estimate of drug-likeness (QED) is 0.301. The fourth-order valence-electron chi connectivity index (χ4n) is 2.67. The molecule has 0 bridgehead atoms. The fourth-order valence-corrected chi connectivity index (χ4v) is 4.29. The predicted octanol–water partition coefficient (Wildman–Crippen LogP) is 5.51. The Balaban J connectivity index is 1.88. The molecule has 0 atom stereocenters. The summed E-state index contributed by atoms with van der Waals surface area (Å²) in [6.45, 7) is 3.32. The summed E-state index contributed by atoms with van der Waals surface area (Å²) in [6, 6.07) is 13.2. The zero-order chi connectivity index (χ0) is 22.2. The molecule has 31 heavy (non-hydrogen) atoms. The molecule has 3 rings (SSSR count). The van der Waals surface area contributed by atoms with Gasteiger partial charge in [0.05, 0.1) is 17.3 Å². The number of nitrogens with one attached hydrogen (secondary N) is 3. The van der Waals surface area contributed by atoms with Gasteiger partial charge in [-0.05, 0) is 87.2 Å². The first-order chi connectivity index (χ1) is 15.0. The fraction of sp³-hybridized carbons (Fsp3) is 0.238. The van der Waals surface area contributed by atoms with E-state index in [4.69, 9.17) is 10.00 Å². The number of halogens is 2. The van der Waals surface area contributed by atoms with Crippen LogP contribution in [-0.4, -0.2) is 35.2 Å². The number of aryl methyl sites for hydroxylation is 1. The van der Waals surface area contributed by atoms with Crippen molar-refractivity contribution in [1.29, 1.82) is 5.26 Å². The van der Waals surface area contributed by atoms with E-state index in [9.17, 15) is 0 Å². The van der Waals surface area contributed by atoms with Crippen molar-refractivity contribution in [3.05, 3.63) is 56.5 Å². The van der Waals surface area contributed by atoms with Gasteiger partial charge in [-0.15, -0.1) is 0 Å². The Kier molecular flexibility index (Phi) is 8.17. The molecule has 0 aliphatic carbocycles. The van der Waals surface area contributed by atoms with Gasteiger partial charge in [-0.2, -0.15) is 20.2 Å². The van der Waals surface area contributed by atoms with Gasteiger partial charge in [0.1, 0.15) is 0 Å². The number of nitriles is 1. The van der Waals surface area contributed by atoms with Gasteiger partial charge in [-0.3, -0.25) is 0 Å². The van der Waals surface area contributed by atoms with Crippen LogP contribution in [0.4, 0.5) is 29.2 Å². The van der Waals surface area contributed by atoms with E-state index in [2.05, 4.69) is 68.8 Å². The highest BCUT2D eigenvalue weighted by atomic mass is 79.9. The van der Waals surface area contributed by atoms with Crippen molar-refractivity contribution < 1.29 is 4.74 Å². The maximum absolute atomic E-state index is 8.98. The molecule has 1 aromatic heterocycles. The molecular formula is C21H21Br2N7O. The highest BCUT2D eigenvalue weighted by molar-refractivity contribution is 9.11. The summed E-state index contributed by atoms with van der Waals surface area (Å²) in [4.78, 5) is 13.4. The second kappa shape index (κ2) is 11.0. The van der Waals surface area contributed by atoms with Gasteiger partial charge in [-0.25, -0.2) is 0 Å². The third-order valence-electron chi connectivity index (χ3n) is 4.14. The Morgan fingerprint density at radius 2 is 1.58 bits per heavy atom. The first kappa shape index (κ1) is 22.9.